The number of aromatic nitrogens is 2. The molecule has 9 heteroatoms. The molecule has 0 saturated heterocycles. The van der Waals surface area contributed by atoms with Crippen LogP contribution in [-0.2, 0) is 5.92 Å². The van der Waals surface area contributed by atoms with Crippen molar-refractivity contribution in [2.24, 2.45) is 5.11 Å². The Bertz CT molecular complexity index is 789. The van der Waals surface area contributed by atoms with E-state index in [0.717, 1.165) is 6.92 Å². The Morgan fingerprint density at radius 2 is 2.15 bits per heavy atom. The van der Waals surface area contributed by atoms with Crippen molar-refractivity contribution >= 4 is 11.5 Å². The topological polar surface area (TPSA) is 86.5 Å². The van der Waals surface area contributed by atoms with Crippen molar-refractivity contribution in [3.63, 3.8) is 0 Å². The average Bonchev–Trinajstić information content (AvgIpc) is 2.61. The molecule has 0 aliphatic carbocycles. The molecule has 0 amide bonds. The van der Waals surface area contributed by atoms with E-state index in [2.05, 4.69) is 20.4 Å². The van der Waals surface area contributed by atoms with E-state index >= 15 is 0 Å². The summed E-state index contributed by atoms with van der Waals surface area (Å²) in [5, 5.41) is 6.19. The van der Waals surface area contributed by atoms with E-state index in [4.69, 9.17) is 10.3 Å². The first-order chi connectivity index (χ1) is 12.3. The van der Waals surface area contributed by atoms with Crippen LogP contribution < -0.4 is 15.0 Å². The molecule has 26 heavy (non-hydrogen) atoms. The van der Waals surface area contributed by atoms with E-state index in [1.54, 1.807) is 23.2 Å². The first-order valence-corrected chi connectivity index (χ1v) is 7.74. The minimum atomic E-state index is -2.93. The fourth-order valence-corrected chi connectivity index (χ4v) is 1.94. The maximum absolute atomic E-state index is 13.4. The first-order valence-electron chi connectivity index (χ1n) is 7.74. The lowest BCUT2D eigenvalue weighted by molar-refractivity contribution is 0.0175. The number of nitrogens with one attached hydrogen (secondary N) is 2. The van der Waals surface area contributed by atoms with Gasteiger partial charge in [0.2, 0.25) is 0 Å². The SMILES string of the molecule is CN(C)c1ccnc(OC/C(=C/Nc2cccc(C(C)(F)F)c2)N=N)n1. The summed E-state index contributed by atoms with van der Waals surface area (Å²) in [7, 11) is 3.68. The zero-order valence-electron chi connectivity index (χ0n) is 14.7. The summed E-state index contributed by atoms with van der Waals surface area (Å²) >= 11 is 0. The standard InChI is InChI=1S/C17H20F2N6O/c1-17(18,19)12-5-4-6-13(9-12)22-10-14(24-20)11-26-16-21-8-7-15(23-16)25(2)3/h4-10,20,22H,11H2,1-3H3/b14-10-,24-20?. The molecule has 0 bridgehead atoms. The third kappa shape index (κ3) is 5.47. The number of anilines is 2. The number of rotatable bonds is 8. The van der Waals surface area contributed by atoms with Crippen LogP contribution in [0.15, 0.2) is 53.5 Å². The number of halogens is 2. The number of hydrogen-bond donors (Lipinski definition) is 2. The van der Waals surface area contributed by atoms with Gasteiger partial charge in [-0.15, -0.1) is 0 Å². The fourth-order valence-electron chi connectivity index (χ4n) is 1.94. The largest absolute Gasteiger partial charge is 0.457 e. The van der Waals surface area contributed by atoms with Crippen LogP contribution in [0.1, 0.15) is 12.5 Å². The van der Waals surface area contributed by atoms with Gasteiger partial charge >= 0.3 is 6.01 Å². The van der Waals surface area contributed by atoms with E-state index in [9.17, 15) is 8.78 Å². The van der Waals surface area contributed by atoms with Gasteiger partial charge in [0.15, 0.2) is 0 Å². The number of hydrogen-bond acceptors (Lipinski definition) is 7. The fraction of sp³-hybridized carbons (Fsp3) is 0.294. The Morgan fingerprint density at radius 3 is 2.81 bits per heavy atom. The van der Waals surface area contributed by atoms with Crippen molar-refractivity contribution in [2.45, 2.75) is 12.8 Å². The van der Waals surface area contributed by atoms with Crippen molar-refractivity contribution < 1.29 is 13.5 Å². The lowest BCUT2D eigenvalue weighted by Crippen LogP contribution is -2.12. The monoisotopic (exact) mass is 362 g/mol. The highest BCUT2D eigenvalue weighted by atomic mass is 19.3. The smallest absolute Gasteiger partial charge is 0.318 e. The summed E-state index contributed by atoms with van der Waals surface area (Å²) in [4.78, 5) is 9.99. The maximum atomic E-state index is 13.4. The second kappa shape index (κ2) is 8.32. The van der Waals surface area contributed by atoms with Crippen molar-refractivity contribution in [3.05, 3.63) is 54.0 Å². The molecule has 0 aliphatic heterocycles. The predicted octanol–water partition coefficient (Wildman–Crippen LogP) is 4.02. The molecule has 0 radical (unpaired) electrons. The van der Waals surface area contributed by atoms with Crippen LogP contribution in [0.3, 0.4) is 0 Å². The van der Waals surface area contributed by atoms with Crippen LogP contribution in [0.5, 0.6) is 6.01 Å². The molecule has 0 spiro atoms. The normalized spacial score (nSPS) is 11.8. The van der Waals surface area contributed by atoms with E-state index in [1.165, 1.54) is 24.4 Å². The molecule has 0 atom stereocenters. The Kier molecular flexibility index (Phi) is 6.16. The van der Waals surface area contributed by atoms with Gasteiger partial charge in [-0.1, -0.05) is 12.1 Å². The van der Waals surface area contributed by atoms with Crippen molar-refractivity contribution in [1.29, 1.82) is 5.53 Å². The van der Waals surface area contributed by atoms with Crippen molar-refractivity contribution in [3.8, 4) is 6.01 Å². The summed E-state index contributed by atoms with van der Waals surface area (Å²) in [6.07, 6.45) is 2.98. The molecule has 2 aromatic rings. The molecule has 2 rings (SSSR count). The van der Waals surface area contributed by atoms with Gasteiger partial charge in [0, 0.05) is 44.7 Å². The van der Waals surface area contributed by atoms with Crippen molar-refractivity contribution in [2.75, 3.05) is 30.9 Å². The van der Waals surface area contributed by atoms with Gasteiger partial charge in [0.25, 0.3) is 5.92 Å². The number of ether oxygens (including phenoxy) is 1. The van der Waals surface area contributed by atoms with Crippen LogP contribution in [0.25, 0.3) is 0 Å². The van der Waals surface area contributed by atoms with Gasteiger partial charge in [-0.3, -0.25) is 0 Å². The molecule has 7 nitrogen and oxygen atoms in total. The highest BCUT2D eigenvalue weighted by Crippen LogP contribution is 2.28. The summed E-state index contributed by atoms with van der Waals surface area (Å²) in [6.45, 7) is 0.791. The summed E-state index contributed by atoms with van der Waals surface area (Å²) < 4.78 is 32.2. The van der Waals surface area contributed by atoms with Crippen LogP contribution in [0.2, 0.25) is 0 Å². The number of benzene rings is 1. The Labute approximate surface area is 150 Å². The lowest BCUT2D eigenvalue weighted by atomic mass is 10.1. The van der Waals surface area contributed by atoms with Crippen LogP contribution in [0, 0.1) is 5.53 Å². The minimum Gasteiger partial charge on any atom is -0.457 e. The Balaban J connectivity index is 2.02. The second-order valence-corrected chi connectivity index (χ2v) is 5.74. The maximum Gasteiger partial charge on any atom is 0.318 e. The molecule has 0 saturated carbocycles. The number of alkyl halides is 2. The Morgan fingerprint density at radius 1 is 1.38 bits per heavy atom. The lowest BCUT2D eigenvalue weighted by Gasteiger charge is -2.12. The van der Waals surface area contributed by atoms with Crippen molar-refractivity contribution in [1.82, 2.24) is 9.97 Å². The quantitative estimate of drug-likeness (QED) is 0.693. The zero-order chi connectivity index (χ0) is 19.2. The van der Waals surface area contributed by atoms with E-state index in [0.29, 0.717) is 11.5 Å². The molecule has 0 unspecified atom stereocenters. The third-order valence-corrected chi connectivity index (χ3v) is 3.34. The van der Waals surface area contributed by atoms with E-state index in [1.807, 2.05) is 14.1 Å². The summed E-state index contributed by atoms with van der Waals surface area (Å²) in [5.41, 5.74) is 7.81. The molecule has 1 aromatic heterocycles. The number of nitrogens with zero attached hydrogens (tertiary/aromatic N) is 4. The average molecular weight is 362 g/mol. The van der Waals surface area contributed by atoms with Gasteiger partial charge in [-0.05, 0) is 18.2 Å². The highest BCUT2D eigenvalue weighted by Gasteiger charge is 2.24. The van der Waals surface area contributed by atoms with Crippen LogP contribution in [0.4, 0.5) is 20.3 Å². The van der Waals surface area contributed by atoms with Crippen LogP contribution >= 0.6 is 0 Å². The molecule has 138 valence electrons. The van der Waals surface area contributed by atoms with Crippen LogP contribution in [-0.4, -0.2) is 30.7 Å². The van der Waals surface area contributed by atoms with Gasteiger partial charge in [0.05, 0.1) is 0 Å². The summed E-state index contributed by atoms with van der Waals surface area (Å²) in [5.74, 6) is -2.25. The second-order valence-electron chi connectivity index (χ2n) is 5.74. The molecule has 1 heterocycles. The molecule has 1 aromatic carbocycles. The zero-order valence-corrected chi connectivity index (χ0v) is 14.7. The highest BCUT2D eigenvalue weighted by molar-refractivity contribution is 5.49. The Hall–Kier alpha value is -3.10. The predicted molar refractivity (Wildman–Crippen MR) is 94.7 cm³/mol. The molecule has 2 N–H and O–H groups in total. The van der Waals surface area contributed by atoms with Gasteiger partial charge in [0.1, 0.15) is 18.1 Å². The third-order valence-electron chi connectivity index (χ3n) is 3.34. The van der Waals surface area contributed by atoms with E-state index in [-0.39, 0.29) is 23.9 Å². The van der Waals surface area contributed by atoms with E-state index < -0.39 is 5.92 Å². The van der Waals surface area contributed by atoms with Gasteiger partial charge in [-0.25, -0.2) is 19.3 Å². The first kappa shape index (κ1) is 19.2. The molecule has 0 fully saturated rings. The van der Waals surface area contributed by atoms with Gasteiger partial charge in [-0.2, -0.15) is 10.1 Å². The summed E-state index contributed by atoms with van der Waals surface area (Å²) in [6, 6.07) is 7.73. The minimum absolute atomic E-state index is 0.0446. The van der Waals surface area contributed by atoms with Gasteiger partial charge < -0.3 is 15.0 Å². The molecular formula is C17H20F2N6O. The molecular weight excluding hydrogens is 342 g/mol. The molecule has 0 aliphatic rings.